The van der Waals surface area contributed by atoms with Crippen LogP contribution in [0.5, 0.6) is 0 Å². The Balaban J connectivity index is 1.45. The van der Waals surface area contributed by atoms with Crippen molar-refractivity contribution in [1.82, 2.24) is 0 Å². The van der Waals surface area contributed by atoms with E-state index in [4.69, 9.17) is 4.42 Å². The van der Waals surface area contributed by atoms with E-state index in [1.165, 1.54) is 12.3 Å². The van der Waals surface area contributed by atoms with Gasteiger partial charge in [-0.05, 0) is 67.3 Å². The summed E-state index contributed by atoms with van der Waals surface area (Å²) >= 11 is 0. The fraction of sp³-hybridized carbons (Fsp3) is 0.250. The SMILES string of the molecule is CC1CCCN(c2ccc(C(=O)Nc3ccc(NC(=O)c4ccco4)cc3)cc2[N+](=O)[O-])C1. The van der Waals surface area contributed by atoms with Gasteiger partial charge in [-0.25, -0.2) is 0 Å². The Hall–Kier alpha value is -4.14. The first-order chi connectivity index (χ1) is 15.9. The lowest BCUT2D eigenvalue weighted by atomic mass is 9.99. The van der Waals surface area contributed by atoms with Crippen LogP contribution in [0.4, 0.5) is 22.7 Å². The van der Waals surface area contributed by atoms with Gasteiger partial charge in [0.25, 0.3) is 17.5 Å². The van der Waals surface area contributed by atoms with Crippen LogP contribution in [-0.2, 0) is 0 Å². The van der Waals surface area contributed by atoms with E-state index in [0.717, 1.165) is 25.9 Å². The molecular weight excluding hydrogens is 424 g/mol. The van der Waals surface area contributed by atoms with Gasteiger partial charge in [0.1, 0.15) is 5.69 Å². The fourth-order valence-corrected chi connectivity index (χ4v) is 3.93. The molecule has 2 heterocycles. The Labute approximate surface area is 190 Å². The number of furan rings is 1. The molecule has 2 amide bonds. The number of nitrogens with zero attached hydrogens (tertiary/aromatic N) is 2. The van der Waals surface area contributed by atoms with E-state index in [-0.39, 0.29) is 22.9 Å². The molecule has 1 aliphatic heterocycles. The largest absolute Gasteiger partial charge is 0.459 e. The van der Waals surface area contributed by atoms with Crippen molar-refractivity contribution < 1.29 is 18.9 Å². The number of anilines is 3. The quantitative estimate of drug-likeness (QED) is 0.408. The molecule has 0 saturated carbocycles. The molecule has 9 heteroatoms. The Bertz CT molecular complexity index is 1160. The third kappa shape index (κ3) is 5.20. The Morgan fingerprint density at radius 1 is 1.06 bits per heavy atom. The van der Waals surface area contributed by atoms with Gasteiger partial charge in [-0.3, -0.25) is 19.7 Å². The van der Waals surface area contributed by atoms with Crippen LogP contribution in [0.15, 0.2) is 65.3 Å². The average molecular weight is 448 g/mol. The second-order valence-electron chi connectivity index (χ2n) is 8.12. The van der Waals surface area contributed by atoms with E-state index in [1.54, 1.807) is 48.5 Å². The number of nitro benzene ring substituents is 1. The van der Waals surface area contributed by atoms with E-state index in [0.29, 0.717) is 23.0 Å². The van der Waals surface area contributed by atoms with Crippen molar-refractivity contribution in [3.8, 4) is 0 Å². The molecular formula is C24H24N4O5. The molecule has 1 unspecified atom stereocenters. The highest BCUT2D eigenvalue weighted by atomic mass is 16.6. The van der Waals surface area contributed by atoms with Crippen LogP contribution in [0.1, 0.15) is 40.7 Å². The number of benzene rings is 2. The zero-order valence-corrected chi connectivity index (χ0v) is 18.1. The van der Waals surface area contributed by atoms with E-state index < -0.39 is 10.8 Å². The van der Waals surface area contributed by atoms with Gasteiger partial charge in [-0.2, -0.15) is 0 Å². The standard InChI is InChI=1S/C24H24N4O5/c1-16-4-2-12-27(15-16)20-11-6-17(14-21(20)28(31)32)23(29)25-18-7-9-19(10-8-18)26-24(30)22-5-3-13-33-22/h3,5-11,13-14,16H,2,4,12,15H2,1H3,(H,25,29)(H,26,30). The first kappa shape index (κ1) is 22.1. The average Bonchev–Trinajstić information content (AvgIpc) is 3.35. The summed E-state index contributed by atoms with van der Waals surface area (Å²) in [7, 11) is 0. The zero-order valence-electron chi connectivity index (χ0n) is 18.1. The molecule has 1 aliphatic rings. The first-order valence-electron chi connectivity index (χ1n) is 10.7. The topological polar surface area (TPSA) is 118 Å². The lowest BCUT2D eigenvalue weighted by molar-refractivity contribution is -0.384. The summed E-state index contributed by atoms with van der Waals surface area (Å²) in [6.45, 7) is 3.65. The molecule has 0 spiro atoms. The van der Waals surface area contributed by atoms with E-state index >= 15 is 0 Å². The number of hydrogen-bond donors (Lipinski definition) is 2. The molecule has 3 aromatic rings. The summed E-state index contributed by atoms with van der Waals surface area (Å²) in [5, 5.41) is 17.1. The van der Waals surface area contributed by atoms with E-state index in [9.17, 15) is 19.7 Å². The third-order valence-electron chi connectivity index (χ3n) is 5.58. The van der Waals surface area contributed by atoms with Gasteiger partial charge in [-0.1, -0.05) is 6.92 Å². The summed E-state index contributed by atoms with van der Waals surface area (Å²) < 4.78 is 5.05. The molecule has 4 rings (SSSR count). The smallest absolute Gasteiger partial charge is 0.293 e. The number of hydrogen-bond acceptors (Lipinski definition) is 6. The molecule has 2 aromatic carbocycles. The molecule has 1 atom stereocenters. The minimum Gasteiger partial charge on any atom is -0.459 e. The van der Waals surface area contributed by atoms with Gasteiger partial charge in [0, 0.05) is 36.1 Å². The van der Waals surface area contributed by atoms with Crippen molar-refractivity contribution in [3.05, 3.63) is 82.3 Å². The molecule has 9 nitrogen and oxygen atoms in total. The third-order valence-corrected chi connectivity index (χ3v) is 5.58. The van der Waals surface area contributed by atoms with Gasteiger partial charge in [-0.15, -0.1) is 0 Å². The molecule has 1 aromatic heterocycles. The van der Waals surface area contributed by atoms with Gasteiger partial charge < -0.3 is 20.0 Å². The minimum absolute atomic E-state index is 0.0762. The highest BCUT2D eigenvalue weighted by molar-refractivity contribution is 6.05. The fourth-order valence-electron chi connectivity index (χ4n) is 3.93. The lowest BCUT2D eigenvalue weighted by Crippen LogP contribution is -2.34. The number of carbonyl (C=O) groups is 2. The Kier molecular flexibility index (Phi) is 6.39. The van der Waals surface area contributed by atoms with Crippen LogP contribution in [0.25, 0.3) is 0 Å². The van der Waals surface area contributed by atoms with Crippen molar-refractivity contribution in [2.45, 2.75) is 19.8 Å². The molecule has 170 valence electrons. The molecule has 0 radical (unpaired) electrons. The van der Waals surface area contributed by atoms with Crippen LogP contribution >= 0.6 is 0 Å². The minimum atomic E-state index is -0.455. The number of amides is 2. The Morgan fingerprint density at radius 3 is 2.36 bits per heavy atom. The summed E-state index contributed by atoms with van der Waals surface area (Å²) in [6.07, 6.45) is 3.51. The van der Waals surface area contributed by atoms with Gasteiger partial charge >= 0.3 is 0 Å². The van der Waals surface area contributed by atoms with Crippen molar-refractivity contribution in [3.63, 3.8) is 0 Å². The molecule has 1 saturated heterocycles. The number of carbonyl (C=O) groups excluding carboxylic acids is 2. The van der Waals surface area contributed by atoms with Gasteiger partial charge in [0.15, 0.2) is 5.76 Å². The van der Waals surface area contributed by atoms with Gasteiger partial charge in [0.2, 0.25) is 0 Å². The van der Waals surface area contributed by atoms with E-state index in [1.807, 2.05) is 4.90 Å². The highest BCUT2D eigenvalue weighted by Crippen LogP contribution is 2.32. The predicted molar refractivity (Wildman–Crippen MR) is 125 cm³/mol. The molecule has 33 heavy (non-hydrogen) atoms. The van der Waals surface area contributed by atoms with E-state index in [2.05, 4.69) is 17.6 Å². The first-order valence-corrected chi connectivity index (χ1v) is 10.7. The van der Waals surface area contributed by atoms with Crippen LogP contribution in [0, 0.1) is 16.0 Å². The van der Waals surface area contributed by atoms with Crippen LogP contribution in [0.2, 0.25) is 0 Å². The number of nitrogens with one attached hydrogen (secondary N) is 2. The second-order valence-corrected chi connectivity index (χ2v) is 8.12. The maximum Gasteiger partial charge on any atom is 0.293 e. The predicted octanol–water partition coefficient (Wildman–Crippen LogP) is 4.93. The maximum absolute atomic E-state index is 12.7. The summed E-state index contributed by atoms with van der Waals surface area (Å²) in [5.41, 5.74) is 1.69. The normalized spacial score (nSPS) is 15.7. The molecule has 1 fully saturated rings. The second kappa shape index (κ2) is 9.56. The van der Waals surface area contributed by atoms with Crippen molar-refractivity contribution >= 4 is 34.6 Å². The number of piperidine rings is 1. The summed E-state index contributed by atoms with van der Waals surface area (Å²) in [4.78, 5) is 38.0. The highest BCUT2D eigenvalue weighted by Gasteiger charge is 2.25. The molecule has 0 bridgehead atoms. The summed E-state index contributed by atoms with van der Waals surface area (Å²) in [5.74, 6) is -0.180. The van der Waals surface area contributed by atoms with Gasteiger partial charge in [0.05, 0.1) is 11.2 Å². The number of rotatable bonds is 6. The Morgan fingerprint density at radius 2 is 1.76 bits per heavy atom. The van der Waals surface area contributed by atoms with Crippen molar-refractivity contribution in [1.29, 1.82) is 0 Å². The summed E-state index contributed by atoms with van der Waals surface area (Å²) in [6, 6.07) is 14.3. The number of nitro groups is 1. The van der Waals surface area contributed by atoms with Crippen LogP contribution < -0.4 is 15.5 Å². The maximum atomic E-state index is 12.7. The van der Waals surface area contributed by atoms with Crippen LogP contribution in [-0.4, -0.2) is 29.8 Å². The molecule has 0 aliphatic carbocycles. The lowest BCUT2D eigenvalue weighted by Gasteiger charge is -2.32. The molecule has 2 N–H and O–H groups in total. The van der Waals surface area contributed by atoms with Crippen molar-refractivity contribution in [2.24, 2.45) is 5.92 Å². The van der Waals surface area contributed by atoms with Crippen molar-refractivity contribution in [2.75, 3.05) is 28.6 Å². The zero-order chi connectivity index (χ0) is 23.4. The monoisotopic (exact) mass is 448 g/mol. The van der Waals surface area contributed by atoms with Crippen LogP contribution in [0.3, 0.4) is 0 Å².